The van der Waals surface area contributed by atoms with Crippen molar-refractivity contribution in [1.29, 1.82) is 0 Å². The van der Waals surface area contributed by atoms with E-state index in [4.69, 9.17) is 0 Å². The third kappa shape index (κ3) is 4.05. The molecule has 0 aliphatic carbocycles. The Morgan fingerprint density at radius 1 is 1.30 bits per heavy atom. The van der Waals surface area contributed by atoms with Crippen LogP contribution in [0.3, 0.4) is 0 Å². The van der Waals surface area contributed by atoms with Crippen molar-refractivity contribution >= 4 is 0 Å². The van der Waals surface area contributed by atoms with Crippen LogP contribution in [0.4, 0.5) is 0 Å². The highest BCUT2D eigenvalue weighted by Gasteiger charge is 2.25. The van der Waals surface area contributed by atoms with Crippen molar-refractivity contribution in [3.8, 4) is 0 Å². The van der Waals surface area contributed by atoms with E-state index in [1.165, 1.54) is 11.1 Å². The first-order valence-corrected chi connectivity index (χ1v) is 7.70. The van der Waals surface area contributed by atoms with Gasteiger partial charge in [-0.3, -0.25) is 4.90 Å². The lowest BCUT2D eigenvalue weighted by Crippen LogP contribution is -2.51. The van der Waals surface area contributed by atoms with E-state index in [0.29, 0.717) is 6.04 Å². The number of hydrogen-bond donors (Lipinski definition) is 2. The molecule has 1 unspecified atom stereocenters. The van der Waals surface area contributed by atoms with Gasteiger partial charge in [-0.25, -0.2) is 0 Å². The zero-order valence-electron chi connectivity index (χ0n) is 13.0. The summed E-state index contributed by atoms with van der Waals surface area (Å²) < 4.78 is 0. The average Bonchev–Trinajstić information content (AvgIpc) is 2.44. The van der Waals surface area contributed by atoms with E-state index >= 15 is 0 Å². The van der Waals surface area contributed by atoms with E-state index in [0.717, 1.165) is 32.5 Å². The zero-order valence-corrected chi connectivity index (χ0v) is 13.0. The highest BCUT2D eigenvalue weighted by molar-refractivity contribution is 5.29. The summed E-state index contributed by atoms with van der Waals surface area (Å²) in [6.45, 7) is 9.77. The van der Waals surface area contributed by atoms with E-state index in [-0.39, 0.29) is 12.1 Å². The van der Waals surface area contributed by atoms with Crippen molar-refractivity contribution in [2.45, 2.75) is 51.7 Å². The molecule has 0 fully saturated rings. The standard InChI is InChI=1S/C17H28N2O/c1-14(2)18-17(3,13-20)9-11-19-10-8-15-6-4-5-7-16(15)12-19/h4-7,14,18,20H,8-13H2,1-3H3. The molecule has 1 aliphatic rings. The second kappa shape index (κ2) is 6.70. The first-order chi connectivity index (χ1) is 9.52. The molecule has 0 spiro atoms. The van der Waals surface area contributed by atoms with Crippen LogP contribution in [0.1, 0.15) is 38.3 Å². The molecule has 0 bridgehead atoms. The van der Waals surface area contributed by atoms with Crippen molar-refractivity contribution in [3.05, 3.63) is 35.4 Å². The molecule has 20 heavy (non-hydrogen) atoms. The first kappa shape index (κ1) is 15.5. The van der Waals surface area contributed by atoms with E-state index in [1.807, 2.05) is 0 Å². The molecule has 2 N–H and O–H groups in total. The van der Waals surface area contributed by atoms with Gasteiger partial charge in [0.05, 0.1) is 6.61 Å². The molecule has 0 radical (unpaired) electrons. The largest absolute Gasteiger partial charge is 0.394 e. The molecule has 1 aliphatic heterocycles. The van der Waals surface area contributed by atoms with E-state index in [1.54, 1.807) is 0 Å². The molecule has 3 nitrogen and oxygen atoms in total. The summed E-state index contributed by atoms with van der Waals surface area (Å²) in [5.74, 6) is 0. The Balaban J connectivity index is 1.89. The molecule has 1 aromatic rings. The fraction of sp³-hybridized carbons (Fsp3) is 0.647. The van der Waals surface area contributed by atoms with Crippen molar-refractivity contribution in [2.75, 3.05) is 19.7 Å². The lowest BCUT2D eigenvalue weighted by atomic mass is 9.95. The van der Waals surface area contributed by atoms with Gasteiger partial charge >= 0.3 is 0 Å². The Hall–Kier alpha value is -0.900. The smallest absolute Gasteiger partial charge is 0.0611 e. The number of fused-ring (bicyclic) bond motifs is 1. The molecule has 3 heteroatoms. The average molecular weight is 276 g/mol. The molecule has 0 saturated carbocycles. The molecular formula is C17H28N2O. The minimum absolute atomic E-state index is 0.175. The summed E-state index contributed by atoms with van der Waals surface area (Å²) in [5, 5.41) is 13.1. The van der Waals surface area contributed by atoms with E-state index in [9.17, 15) is 5.11 Å². The van der Waals surface area contributed by atoms with Gasteiger partial charge in [0.1, 0.15) is 0 Å². The number of hydrogen-bond acceptors (Lipinski definition) is 3. The van der Waals surface area contributed by atoms with Crippen LogP contribution in [-0.2, 0) is 13.0 Å². The van der Waals surface area contributed by atoms with E-state index in [2.05, 4.69) is 55.3 Å². The number of aliphatic hydroxyl groups excluding tert-OH is 1. The third-order valence-corrected chi connectivity index (χ3v) is 4.18. The van der Waals surface area contributed by atoms with Gasteiger partial charge < -0.3 is 10.4 Å². The van der Waals surface area contributed by atoms with Crippen LogP contribution < -0.4 is 5.32 Å². The minimum Gasteiger partial charge on any atom is -0.394 e. The van der Waals surface area contributed by atoms with Crippen LogP contribution >= 0.6 is 0 Å². The normalized spacial score (nSPS) is 18.9. The SMILES string of the molecule is CC(C)NC(C)(CO)CCN1CCc2ccccc2C1. The molecule has 1 aromatic carbocycles. The summed E-state index contributed by atoms with van der Waals surface area (Å²) in [5.41, 5.74) is 2.78. The molecular weight excluding hydrogens is 248 g/mol. The van der Waals surface area contributed by atoms with Crippen LogP contribution in [-0.4, -0.2) is 41.3 Å². The monoisotopic (exact) mass is 276 g/mol. The number of aliphatic hydroxyl groups is 1. The van der Waals surface area contributed by atoms with Gasteiger partial charge in [0, 0.05) is 31.2 Å². The van der Waals surface area contributed by atoms with Gasteiger partial charge in [-0.1, -0.05) is 38.1 Å². The number of benzene rings is 1. The summed E-state index contributed by atoms with van der Waals surface area (Å²) in [7, 11) is 0. The van der Waals surface area contributed by atoms with Crippen LogP contribution in [0.15, 0.2) is 24.3 Å². The fourth-order valence-corrected chi connectivity index (χ4v) is 3.04. The quantitative estimate of drug-likeness (QED) is 0.836. The van der Waals surface area contributed by atoms with Crippen molar-refractivity contribution in [3.63, 3.8) is 0 Å². The number of rotatable bonds is 6. The first-order valence-electron chi connectivity index (χ1n) is 7.70. The fourth-order valence-electron chi connectivity index (χ4n) is 3.04. The Morgan fingerprint density at radius 2 is 2.00 bits per heavy atom. The summed E-state index contributed by atoms with van der Waals surface area (Å²) >= 11 is 0. The Bertz CT molecular complexity index is 433. The molecule has 0 aromatic heterocycles. The maximum atomic E-state index is 9.64. The third-order valence-electron chi connectivity index (χ3n) is 4.18. The maximum absolute atomic E-state index is 9.64. The minimum atomic E-state index is -0.175. The Kier molecular flexibility index (Phi) is 5.19. The molecule has 112 valence electrons. The molecule has 2 rings (SSSR count). The molecule has 0 saturated heterocycles. The van der Waals surface area contributed by atoms with Crippen LogP contribution in [0.25, 0.3) is 0 Å². The zero-order chi connectivity index (χ0) is 14.6. The van der Waals surface area contributed by atoms with Crippen molar-refractivity contribution in [2.24, 2.45) is 0 Å². The van der Waals surface area contributed by atoms with Gasteiger partial charge in [-0.15, -0.1) is 0 Å². The van der Waals surface area contributed by atoms with Crippen LogP contribution in [0.5, 0.6) is 0 Å². The van der Waals surface area contributed by atoms with Crippen LogP contribution in [0.2, 0.25) is 0 Å². The van der Waals surface area contributed by atoms with Crippen molar-refractivity contribution < 1.29 is 5.11 Å². The highest BCUT2D eigenvalue weighted by Crippen LogP contribution is 2.20. The van der Waals surface area contributed by atoms with Crippen molar-refractivity contribution in [1.82, 2.24) is 10.2 Å². The second-order valence-electron chi connectivity index (χ2n) is 6.56. The highest BCUT2D eigenvalue weighted by atomic mass is 16.3. The van der Waals surface area contributed by atoms with Crippen LogP contribution in [0, 0.1) is 0 Å². The molecule has 0 amide bonds. The number of nitrogens with zero attached hydrogens (tertiary/aromatic N) is 1. The van der Waals surface area contributed by atoms with Gasteiger partial charge in [-0.05, 0) is 30.9 Å². The van der Waals surface area contributed by atoms with E-state index < -0.39 is 0 Å². The van der Waals surface area contributed by atoms with Gasteiger partial charge in [0.15, 0.2) is 0 Å². The lowest BCUT2D eigenvalue weighted by Gasteiger charge is -2.35. The van der Waals surface area contributed by atoms with Gasteiger partial charge in [-0.2, -0.15) is 0 Å². The molecule has 1 atom stereocenters. The predicted molar refractivity (Wildman–Crippen MR) is 83.8 cm³/mol. The summed E-state index contributed by atoms with van der Waals surface area (Å²) in [6.07, 6.45) is 2.12. The maximum Gasteiger partial charge on any atom is 0.0611 e. The number of nitrogens with one attached hydrogen (secondary N) is 1. The lowest BCUT2D eigenvalue weighted by molar-refractivity contribution is 0.134. The Labute approximate surface area is 123 Å². The summed E-state index contributed by atoms with van der Waals surface area (Å²) in [6, 6.07) is 9.13. The Morgan fingerprint density at radius 3 is 2.65 bits per heavy atom. The molecule has 1 heterocycles. The van der Waals surface area contributed by atoms with Gasteiger partial charge in [0.25, 0.3) is 0 Å². The second-order valence-corrected chi connectivity index (χ2v) is 6.56. The topological polar surface area (TPSA) is 35.5 Å². The predicted octanol–water partition coefficient (Wildman–Crippen LogP) is 2.18. The summed E-state index contributed by atoms with van der Waals surface area (Å²) in [4.78, 5) is 2.50. The van der Waals surface area contributed by atoms with Gasteiger partial charge in [0.2, 0.25) is 0 Å².